The molecule has 0 spiro atoms. The molecule has 8 heteroatoms. The predicted molar refractivity (Wildman–Crippen MR) is 119 cm³/mol. The maximum atomic E-state index is 13.3. The Morgan fingerprint density at radius 3 is 2.58 bits per heavy atom. The lowest BCUT2D eigenvalue weighted by molar-refractivity contribution is -0.137. The molecule has 0 aromatic carbocycles. The molecule has 0 radical (unpaired) electrons. The standard InChI is InChI=1S/C23H32F3N5/c1-4-18(20-13-21(23(24,25)26)22(27)29-14-20)15-31(17(3)19-5-6-19)16(2)7-10-30-11-8-28-9-12-30/h13-15,19,28H,2-12H2,1H3,(H2,27,29)/b18-15+. The van der Waals surface area contributed by atoms with Crippen molar-refractivity contribution in [3.63, 3.8) is 0 Å². The molecule has 1 saturated heterocycles. The van der Waals surface area contributed by atoms with Gasteiger partial charge in [0.15, 0.2) is 0 Å². The van der Waals surface area contributed by atoms with E-state index in [1.54, 1.807) is 0 Å². The van der Waals surface area contributed by atoms with Gasteiger partial charge in [0.05, 0.1) is 5.56 Å². The van der Waals surface area contributed by atoms with Crippen LogP contribution >= 0.6 is 0 Å². The Balaban J connectivity index is 1.83. The molecule has 1 aliphatic carbocycles. The van der Waals surface area contributed by atoms with E-state index in [1.165, 1.54) is 6.20 Å². The Bertz CT molecular complexity index is 836. The number of nitrogens with zero attached hydrogens (tertiary/aromatic N) is 3. The molecule has 0 atom stereocenters. The number of pyridine rings is 1. The van der Waals surface area contributed by atoms with Crippen LogP contribution in [0.3, 0.4) is 0 Å². The molecule has 170 valence electrons. The summed E-state index contributed by atoms with van der Waals surface area (Å²) < 4.78 is 40.0. The Labute approximate surface area is 182 Å². The average molecular weight is 436 g/mol. The molecular formula is C23H32F3N5. The number of aromatic nitrogens is 1. The number of hydrogen-bond donors (Lipinski definition) is 2. The third-order valence-electron chi connectivity index (χ3n) is 5.89. The molecule has 0 bridgehead atoms. The summed E-state index contributed by atoms with van der Waals surface area (Å²) in [7, 11) is 0. The lowest BCUT2D eigenvalue weighted by atomic mass is 10.0. The van der Waals surface area contributed by atoms with Gasteiger partial charge in [-0.15, -0.1) is 0 Å². The molecule has 1 saturated carbocycles. The van der Waals surface area contributed by atoms with Crippen molar-refractivity contribution in [3.8, 4) is 0 Å². The van der Waals surface area contributed by atoms with Crippen LogP contribution in [-0.2, 0) is 6.18 Å². The Kier molecular flexibility index (Phi) is 7.43. The van der Waals surface area contributed by atoms with Gasteiger partial charge < -0.3 is 20.9 Å². The van der Waals surface area contributed by atoms with Crippen molar-refractivity contribution in [1.29, 1.82) is 0 Å². The summed E-state index contributed by atoms with van der Waals surface area (Å²) in [5.74, 6) is -0.105. The van der Waals surface area contributed by atoms with Gasteiger partial charge in [-0.1, -0.05) is 20.1 Å². The van der Waals surface area contributed by atoms with Crippen LogP contribution in [0.15, 0.2) is 43.0 Å². The summed E-state index contributed by atoms with van der Waals surface area (Å²) in [6.07, 6.45) is 2.22. The van der Waals surface area contributed by atoms with E-state index in [1.807, 2.05) is 18.0 Å². The van der Waals surface area contributed by atoms with E-state index in [0.29, 0.717) is 17.9 Å². The third kappa shape index (κ3) is 6.11. The van der Waals surface area contributed by atoms with E-state index < -0.39 is 17.6 Å². The molecule has 3 N–H and O–H groups in total. The second-order valence-electron chi connectivity index (χ2n) is 8.21. The van der Waals surface area contributed by atoms with Crippen LogP contribution in [-0.4, -0.2) is 47.5 Å². The quantitative estimate of drug-likeness (QED) is 0.600. The summed E-state index contributed by atoms with van der Waals surface area (Å²) in [5.41, 5.74) is 7.57. The van der Waals surface area contributed by atoms with E-state index in [4.69, 9.17) is 5.73 Å². The van der Waals surface area contributed by atoms with E-state index in [-0.39, 0.29) is 0 Å². The predicted octanol–water partition coefficient (Wildman–Crippen LogP) is 4.47. The Morgan fingerprint density at radius 2 is 2.00 bits per heavy atom. The summed E-state index contributed by atoms with van der Waals surface area (Å²) in [5, 5.41) is 3.34. The van der Waals surface area contributed by atoms with Crippen molar-refractivity contribution >= 4 is 11.4 Å². The van der Waals surface area contributed by atoms with E-state index in [0.717, 1.165) is 75.0 Å². The molecule has 5 nitrogen and oxygen atoms in total. The van der Waals surface area contributed by atoms with Crippen LogP contribution in [0.2, 0.25) is 0 Å². The van der Waals surface area contributed by atoms with Gasteiger partial charge in [0.1, 0.15) is 5.82 Å². The molecule has 3 rings (SSSR count). The molecular weight excluding hydrogens is 403 g/mol. The van der Waals surface area contributed by atoms with Crippen LogP contribution in [0.25, 0.3) is 5.57 Å². The van der Waals surface area contributed by atoms with Crippen LogP contribution in [0.1, 0.15) is 43.7 Å². The zero-order chi connectivity index (χ0) is 22.6. The fraction of sp³-hybridized carbons (Fsp3) is 0.522. The minimum absolute atomic E-state index is 0.403. The zero-order valence-corrected chi connectivity index (χ0v) is 18.1. The SMILES string of the molecule is C=C(CCN1CCNCC1)N(/C=C(\CC)c1cnc(N)c(C(F)(F)F)c1)C(=C)C1CC1. The first-order chi connectivity index (χ1) is 14.7. The summed E-state index contributed by atoms with van der Waals surface area (Å²) in [6, 6.07) is 1.08. The molecule has 1 aromatic heterocycles. The van der Waals surface area contributed by atoms with Crippen molar-refractivity contribution in [1.82, 2.24) is 20.1 Å². The minimum atomic E-state index is -4.55. The van der Waals surface area contributed by atoms with Crippen molar-refractivity contribution in [2.24, 2.45) is 5.92 Å². The number of piperazine rings is 1. The monoisotopic (exact) mass is 435 g/mol. The van der Waals surface area contributed by atoms with Crippen LogP contribution in [0.4, 0.5) is 19.0 Å². The van der Waals surface area contributed by atoms with Crippen LogP contribution < -0.4 is 11.1 Å². The summed E-state index contributed by atoms with van der Waals surface area (Å²) >= 11 is 0. The highest BCUT2D eigenvalue weighted by Gasteiger charge is 2.34. The zero-order valence-electron chi connectivity index (χ0n) is 18.1. The lowest BCUT2D eigenvalue weighted by Crippen LogP contribution is -2.44. The first kappa shape index (κ1) is 23.3. The summed E-state index contributed by atoms with van der Waals surface area (Å²) in [4.78, 5) is 8.18. The first-order valence-corrected chi connectivity index (χ1v) is 10.8. The van der Waals surface area contributed by atoms with Crippen molar-refractivity contribution in [2.45, 2.75) is 38.8 Å². The number of halogens is 3. The fourth-order valence-corrected chi connectivity index (χ4v) is 3.74. The maximum Gasteiger partial charge on any atom is 0.419 e. The Morgan fingerprint density at radius 1 is 1.32 bits per heavy atom. The van der Waals surface area contributed by atoms with Crippen LogP contribution in [0, 0.1) is 5.92 Å². The molecule has 2 aliphatic rings. The lowest BCUT2D eigenvalue weighted by Gasteiger charge is -2.31. The number of nitrogens with two attached hydrogens (primary N) is 1. The van der Waals surface area contributed by atoms with E-state index in [9.17, 15) is 13.2 Å². The van der Waals surface area contributed by atoms with Crippen molar-refractivity contribution in [3.05, 3.63) is 54.1 Å². The van der Waals surface area contributed by atoms with Gasteiger partial charge in [0.25, 0.3) is 0 Å². The molecule has 1 aliphatic heterocycles. The number of hydrogen-bond acceptors (Lipinski definition) is 5. The van der Waals surface area contributed by atoms with Gasteiger partial charge in [-0.05, 0) is 42.4 Å². The van der Waals surface area contributed by atoms with E-state index >= 15 is 0 Å². The number of nitrogens with one attached hydrogen (secondary N) is 1. The first-order valence-electron chi connectivity index (χ1n) is 10.8. The number of rotatable bonds is 9. The van der Waals surface area contributed by atoms with E-state index in [2.05, 4.69) is 28.4 Å². The topological polar surface area (TPSA) is 57.4 Å². The third-order valence-corrected chi connectivity index (χ3v) is 5.89. The van der Waals surface area contributed by atoms with Gasteiger partial charge >= 0.3 is 6.18 Å². The highest BCUT2D eigenvalue weighted by atomic mass is 19.4. The smallest absolute Gasteiger partial charge is 0.383 e. The molecule has 1 aromatic rings. The van der Waals surface area contributed by atoms with Gasteiger partial charge in [-0.25, -0.2) is 4.98 Å². The average Bonchev–Trinajstić information content (AvgIpc) is 3.58. The molecule has 2 heterocycles. The number of nitrogen functional groups attached to an aromatic ring is 1. The normalized spacial score (nSPS) is 18.1. The number of alkyl halides is 3. The maximum absolute atomic E-state index is 13.3. The largest absolute Gasteiger partial charge is 0.419 e. The molecule has 31 heavy (non-hydrogen) atoms. The second-order valence-corrected chi connectivity index (χ2v) is 8.21. The molecule has 0 unspecified atom stereocenters. The number of allylic oxidation sites excluding steroid dienone is 2. The van der Waals surface area contributed by atoms with Gasteiger partial charge in [0, 0.05) is 62.9 Å². The van der Waals surface area contributed by atoms with Gasteiger partial charge in [-0.2, -0.15) is 13.2 Å². The number of anilines is 1. The van der Waals surface area contributed by atoms with Gasteiger partial charge in [-0.3, -0.25) is 0 Å². The highest BCUT2D eigenvalue weighted by molar-refractivity contribution is 5.67. The summed E-state index contributed by atoms with van der Waals surface area (Å²) in [6.45, 7) is 15.3. The molecule has 2 fully saturated rings. The molecule has 0 amide bonds. The second kappa shape index (κ2) is 9.87. The van der Waals surface area contributed by atoms with Gasteiger partial charge in [0.2, 0.25) is 0 Å². The fourth-order valence-electron chi connectivity index (χ4n) is 3.74. The van der Waals surface area contributed by atoms with Crippen molar-refractivity contribution < 1.29 is 13.2 Å². The van der Waals surface area contributed by atoms with Crippen LogP contribution in [0.5, 0.6) is 0 Å². The Hall–Kier alpha value is -2.32. The van der Waals surface area contributed by atoms with Crippen molar-refractivity contribution in [2.75, 3.05) is 38.5 Å². The highest BCUT2D eigenvalue weighted by Crippen LogP contribution is 2.40. The minimum Gasteiger partial charge on any atom is -0.383 e.